The lowest BCUT2D eigenvalue weighted by molar-refractivity contribution is 0.480. The summed E-state index contributed by atoms with van der Waals surface area (Å²) in [5.41, 5.74) is 2.31. The van der Waals surface area contributed by atoms with Crippen molar-refractivity contribution in [3.63, 3.8) is 0 Å². The maximum absolute atomic E-state index is 4.57. The van der Waals surface area contributed by atoms with Gasteiger partial charge in [0.1, 0.15) is 0 Å². The van der Waals surface area contributed by atoms with Crippen LogP contribution in [0.3, 0.4) is 0 Å². The molecule has 2 heterocycles. The summed E-state index contributed by atoms with van der Waals surface area (Å²) in [6, 6.07) is 4.36. The van der Waals surface area contributed by atoms with Crippen molar-refractivity contribution in [2.24, 2.45) is 7.05 Å². The van der Waals surface area contributed by atoms with E-state index in [0.29, 0.717) is 0 Å². The van der Waals surface area contributed by atoms with Crippen LogP contribution in [0.2, 0.25) is 0 Å². The Morgan fingerprint density at radius 2 is 2.19 bits per heavy atom. The molecular formula is C15H20Br2N4. The second-order valence-electron chi connectivity index (χ2n) is 5.01. The van der Waals surface area contributed by atoms with Gasteiger partial charge in [0.2, 0.25) is 0 Å². The summed E-state index contributed by atoms with van der Waals surface area (Å²) in [5.74, 6) is 0. The van der Waals surface area contributed by atoms with Crippen LogP contribution in [-0.4, -0.2) is 21.3 Å². The Morgan fingerprint density at radius 3 is 2.81 bits per heavy atom. The molecule has 4 nitrogen and oxygen atoms in total. The molecule has 2 aromatic heterocycles. The lowest BCUT2D eigenvalue weighted by Gasteiger charge is -2.19. The Labute approximate surface area is 142 Å². The van der Waals surface area contributed by atoms with Gasteiger partial charge in [-0.2, -0.15) is 5.10 Å². The fraction of sp³-hybridized carbons (Fsp3) is 0.467. The van der Waals surface area contributed by atoms with E-state index in [9.17, 15) is 0 Å². The van der Waals surface area contributed by atoms with Crippen LogP contribution < -0.4 is 5.32 Å². The van der Waals surface area contributed by atoms with Gasteiger partial charge in [-0.3, -0.25) is 9.67 Å². The first-order chi connectivity index (χ1) is 10.1. The van der Waals surface area contributed by atoms with E-state index in [1.807, 2.05) is 30.2 Å². The molecule has 0 fully saturated rings. The fourth-order valence-corrected chi connectivity index (χ4v) is 3.54. The number of pyridine rings is 1. The molecule has 0 spiro atoms. The lowest BCUT2D eigenvalue weighted by atomic mass is 10.1. The van der Waals surface area contributed by atoms with Crippen molar-refractivity contribution in [1.29, 1.82) is 0 Å². The summed E-state index contributed by atoms with van der Waals surface area (Å²) in [7, 11) is 1.98. The summed E-state index contributed by atoms with van der Waals surface area (Å²) >= 11 is 7.08. The van der Waals surface area contributed by atoms with Gasteiger partial charge in [-0.1, -0.05) is 6.92 Å². The van der Waals surface area contributed by atoms with Crippen LogP contribution in [-0.2, 0) is 13.5 Å². The van der Waals surface area contributed by atoms with Gasteiger partial charge in [0, 0.05) is 34.1 Å². The quantitative estimate of drug-likeness (QED) is 0.742. The smallest absolute Gasteiger partial charge is 0.0715 e. The number of rotatable bonds is 7. The molecule has 0 radical (unpaired) electrons. The molecule has 114 valence electrons. The van der Waals surface area contributed by atoms with E-state index in [2.05, 4.69) is 60.2 Å². The molecule has 6 heteroatoms. The predicted molar refractivity (Wildman–Crippen MR) is 92.2 cm³/mol. The van der Waals surface area contributed by atoms with Crippen molar-refractivity contribution in [3.8, 4) is 0 Å². The number of hydrogen-bond acceptors (Lipinski definition) is 3. The van der Waals surface area contributed by atoms with Gasteiger partial charge in [0.15, 0.2) is 0 Å². The first kappa shape index (κ1) is 16.6. The Kier molecular flexibility index (Phi) is 6.39. The van der Waals surface area contributed by atoms with E-state index in [1.165, 1.54) is 5.69 Å². The van der Waals surface area contributed by atoms with Gasteiger partial charge in [0.05, 0.1) is 11.7 Å². The van der Waals surface area contributed by atoms with Gasteiger partial charge in [-0.15, -0.1) is 0 Å². The van der Waals surface area contributed by atoms with E-state index in [4.69, 9.17) is 0 Å². The Balaban J connectivity index is 2.12. The third kappa shape index (κ3) is 4.63. The molecule has 1 unspecified atom stereocenters. The molecule has 1 atom stereocenters. The highest BCUT2D eigenvalue weighted by atomic mass is 79.9. The summed E-state index contributed by atoms with van der Waals surface area (Å²) in [6.07, 6.45) is 6.77. The molecule has 0 saturated carbocycles. The predicted octanol–water partition coefficient (Wildman–Crippen LogP) is 4.01. The standard InChI is InChI=1S/C15H20Br2N4/c1-3-7-18-14(5-4-12-6-8-20-21(12)2)15-13(17)9-11(16)10-19-15/h6,8-10,14,18H,3-5,7H2,1-2H3. The normalized spacial score (nSPS) is 12.6. The second-order valence-corrected chi connectivity index (χ2v) is 6.78. The van der Waals surface area contributed by atoms with Crippen molar-refractivity contribution in [3.05, 3.63) is 44.9 Å². The third-order valence-corrected chi connectivity index (χ3v) is 4.49. The number of halogens is 2. The van der Waals surface area contributed by atoms with Crippen LogP contribution in [0.15, 0.2) is 33.5 Å². The van der Waals surface area contributed by atoms with Gasteiger partial charge in [0.25, 0.3) is 0 Å². The SMILES string of the molecule is CCCNC(CCc1ccnn1C)c1ncc(Br)cc1Br. The molecule has 2 rings (SSSR count). The van der Waals surface area contributed by atoms with E-state index in [-0.39, 0.29) is 6.04 Å². The Bertz CT molecular complexity index is 583. The first-order valence-electron chi connectivity index (χ1n) is 7.13. The average Bonchev–Trinajstić information content (AvgIpc) is 2.85. The minimum absolute atomic E-state index is 0.238. The van der Waals surface area contributed by atoms with Crippen molar-refractivity contribution >= 4 is 31.9 Å². The zero-order valence-corrected chi connectivity index (χ0v) is 15.5. The van der Waals surface area contributed by atoms with Crippen LogP contribution in [0.4, 0.5) is 0 Å². The number of nitrogens with zero attached hydrogens (tertiary/aromatic N) is 3. The fourth-order valence-electron chi connectivity index (χ4n) is 2.27. The van der Waals surface area contributed by atoms with Gasteiger partial charge in [-0.25, -0.2) is 0 Å². The first-order valence-corrected chi connectivity index (χ1v) is 8.71. The zero-order valence-electron chi connectivity index (χ0n) is 12.3. The highest BCUT2D eigenvalue weighted by Crippen LogP contribution is 2.27. The molecule has 1 N–H and O–H groups in total. The average molecular weight is 416 g/mol. The molecule has 0 aliphatic heterocycles. The van der Waals surface area contributed by atoms with E-state index < -0.39 is 0 Å². The summed E-state index contributed by atoms with van der Waals surface area (Å²) in [4.78, 5) is 4.57. The van der Waals surface area contributed by atoms with Crippen LogP contribution in [0.5, 0.6) is 0 Å². The molecular weight excluding hydrogens is 396 g/mol. The third-order valence-electron chi connectivity index (χ3n) is 3.42. The van der Waals surface area contributed by atoms with Crippen molar-refractivity contribution in [2.75, 3.05) is 6.54 Å². The maximum atomic E-state index is 4.57. The lowest BCUT2D eigenvalue weighted by Crippen LogP contribution is -2.24. The molecule has 0 aromatic carbocycles. The Hall–Kier alpha value is -0.720. The minimum atomic E-state index is 0.238. The minimum Gasteiger partial charge on any atom is -0.309 e. The monoisotopic (exact) mass is 414 g/mol. The van der Waals surface area contributed by atoms with Crippen molar-refractivity contribution in [2.45, 2.75) is 32.2 Å². The zero-order chi connectivity index (χ0) is 15.2. The highest BCUT2D eigenvalue weighted by Gasteiger charge is 2.16. The largest absolute Gasteiger partial charge is 0.309 e. The number of nitrogens with one attached hydrogen (secondary N) is 1. The van der Waals surface area contributed by atoms with Gasteiger partial charge >= 0.3 is 0 Å². The van der Waals surface area contributed by atoms with Crippen LogP contribution in [0.25, 0.3) is 0 Å². The molecule has 2 aromatic rings. The van der Waals surface area contributed by atoms with E-state index in [0.717, 1.165) is 40.4 Å². The maximum Gasteiger partial charge on any atom is 0.0715 e. The van der Waals surface area contributed by atoms with Gasteiger partial charge < -0.3 is 5.32 Å². The van der Waals surface area contributed by atoms with Crippen LogP contribution in [0, 0.1) is 0 Å². The number of hydrogen-bond donors (Lipinski definition) is 1. The molecule has 0 amide bonds. The van der Waals surface area contributed by atoms with Crippen molar-refractivity contribution in [1.82, 2.24) is 20.1 Å². The molecule has 0 aliphatic rings. The summed E-state index contributed by atoms with van der Waals surface area (Å²) in [5, 5.41) is 7.81. The molecule has 0 saturated heterocycles. The van der Waals surface area contributed by atoms with E-state index in [1.54, 1.807) is 0 Å². The molecule has 0 bridgehead atoms. The molecule has 0 aliphatic carbocycles. The van der Waals surface area contributed by atoms with Crippen molar-refractivity contribution < 1.29 is 0 Å². The van der Waals surface area contributed by atoms with Gasteiger partial charge in [-0.05, 0) is 69.8 Å². The topological polar surface area (TPSA) is 42.7 Å². The summed E-state index contributed by atoms with van der Waals surface area (Å²) < 4.78 is 3.95. The van der Waals surface area contributed by atoms with Crippen LogP contribution >= 0.6 is 31.9 Å². The number of aromatic nitrogens is 3. The Morgan fingerprint density at radius 1 is 1.38 bits per heavy atom. The van der Waals surface area contributed by atoms with E-state index >= 15 is 0 Å². The molecule has 21 heavy (non-hydrogen) atoms. The van der Waals surface area contributed by atoms with Crippen LogP contribution in [0.1, 0.15) is 37.2 Å². The number of aryl methyl sites for hydroxylation is 2. The highest BCUT2D eigenvalue weighted by molar-refractivity contribution is 9.11. The second kappa shape index (κ2) is 8.06. The summed E-state index contributed by atoms with van der Waals surface area (Å²) in [6.45, 7) is 3.16.